The predicted molar refractivity (Wildman–Crippen MR) is 70.3 cm³/mol. The van der Waals surface area contributed by atoms with Crippen LogP contribution in [0.5, 0.6) is 0 Å². The summed E-state index contributed by atoms with van der Waals surface area (Å²) in [7, 11) is 0. The van der Waals surface area contributed by atoms with Crippen LogP contribution in [0.15, 0.2) is 6.07 Å². The molecule has 98 valence electrons. The van der Waals surface area contributed by atoms with E-state index in [1.165, 1.54) is 0 Å². The van der Waals surface area contributed by atoms with E-state index in [4.69, 9.17) is 0 Å². The van der Waals surface area contributed by atoms with Crippen molar-refractivity contribution in [1.82, 2.24) is 15.3 Å². The largest absolute Gasteiger partial charge is 0.316 e. The van der Waals surface area contributed by atoms with Crippen LogP contribution in [-0.4, -0.2) is 29.0 Å². The van der Waals surface area contributed by atoms with Gasteiger partial charge in [0.15, 0.2) is 0 Å². The Hall–Kier alpha value is -1.49. The van der Waals surface area contributed by atoms with Gasteiger partial charge in [-0.3, -0.25) is 10.1 Å². The quantitative estimate of drug-likeness (QED) is 0.849. The fourth-order valence-electron chi connectivity index (χ4n) is 2.32. The van der Waals surface area contributed by atoms with Gasteiger partial charge in [-0.1, -0.05) is 0 Å². The number of aryl methyl sites for hydroxylation is 2. The highest BCUT2D eigenvalue weighted by Crippen LogP contribution is 2.14. The van der Waals surface area contributed by atoms with Gasteiger partial charge in [-0.05, 0) is 51.8 Å². The van der Waals surface area contributed by atoms with Crippen LogP contribution >= 0.6 is 0 Å². The van der Waals surface area contributed by atoms with E-state index in [1.807, 2.05) is 19.9 Å². The summed E-state index contributed by atoms with van der Waals surface area (Å²) in [5, 5.41) is 6.09. The highest BCUT2D eigenvalue weighted by molar-refractivity contribution is 5.89. The van der Waals surface area contributed by atoms with Crippen molar-refractivity contribution in [1.29, 1.82) is 0 Å². The van der Waals surface area contributed by atoms with Crippen molar-refractivity contribution in [3.8, 4) is 0 Å². The Bertz CT molecular complexity index is 407. The summed E-state index contributed by atoms with van der Waals surface area (Å²) in [4.78, 5) is 20.3. The fourth-order valence-corrected chi connectivity index (χ4v) is 2.32. The molecule has 2 N–H and O–H groups in total. The van der Waals surface area contributed by atoms with Crippen LogP contribution in [0.4, 0.5) is 5.95 Å². The molecule has 0 spiro atoms. The molecule has 0 aromatic carbocycles. The van der Waals surface area contributed by atoms with Gasteiger partial charge in [0, 0.05) is 17.8 Å². The van der Waals surface area contributed by atoms with Gasteiger partial charge in [0.1, 0.15) is 0 Å². The Morgan fingerprint density at radius 2 is 2.17 bits per heavy atom. The molecule has 0 bridgehead atoms. The number of rotatable bonds is 3. The van der Waals surface area contributed by atoms with Crippen molar-refractivity contribution in [2.75, 3.05) is 18.4 Å². The zero-order chi connectivity index (χ0) is 13.0. The number of piperidine rings is 1. The Labute approximate surface area is 107 Å². The van der Waals surface area contributed by atoms with Gasteiger partial charge in [-0.15, -0.1) is 0 Å². The number of amides is 1. The molecule has 0 aliphatic carbocycles. The number of hydrogen-bond acceptors (Lipinski definition) is 4. The van der Waals surface area contributed by atoms with Gasteiger partial charge in [-0.2, -0.15) is 0 Å². The molecule has 0 saturated carbocycles. The van der Waals surface area contributed by atoms with E-state index in [0.29, 0.717) is 18.3 Å². The van der Waals surface area contributed by atoms with Crippen molar-refractivity contribution < 1.29 is 4.79 Å². The van der Waals surface area contributed by atoms with Gasteiger partial charge in [-0.25, -0.2) is 9.97 Å². The molecule has 5 heteroatoms. The number of hydrogen-bond donors (Lipinski definition) is 2. The minimum atomic E-state index is 0.00806. The van der Waals surface area contributed by atoms with Gasteiger partial charge < -0.3 is 5.32 Å². The highest BCUT2D eigenvalue weighted by Gasteiger charge is 2.17. The zero-order valence-corrected chi connectivity index (χ0v) is 11.0. The number of aromatic nitrogens is 2. The topological polar surface area (TPSA) is 66.9 Å². The SMILES string of the molecule is Cc1cc(C)nc(NC(=O)CC2CCCNC2)n1. The van der Waals surface area contributed by atoms with Gasteiger partial charge in [0.2, 0.25) is 11.9 Å². The first-order chi connectivity index (χ1) is 8.63. The van der Waals surface area contributed by atoms with Crippen LogP contribution < -0.4 is 10.6 Å². The zero-order valence-electron chi connectivity index (χ0n) is 11.0. The van der Waals surface area contributed by atoms with Crippen molar-refractivity contribution in [2.24, 2.45) is 5.92 Å². The number of anilines is 1. The summed E-state index contributed by atoms with van der Waals surface area (Å²) in [5.41, 5.74) is 1.74. The van der Waals surface area contributed by atoms with E-state index >= 15 is 0 Å². The molecule has 18 heavy (non-hydrogen) atoms. The van der Waals surface area contributed by atoms with E-state index < -0.39 is 0 Å². The third-order valence-electron chi connectivity index (χ3n) is 3.11. The molecule has 5 nitrogen and oxygen atoms in total. The lowest BCUT2D eigenvalue weighted by Crippen LogP contribution is -2.32. The fraction of sp³-hybridized carbons (Fsp3) is 0.615. The molecule has 1 amide bonds. The number of nitrogens with zero attached hydrogens (tertiary/aromatic N) is 2. The van der Waals surface area contributed by atoms with Crippen molar-refractivity contribution >= 4 is 11.9 Å². The molecule has 1 saturated heterocycles. The van der Waals surface area contributed by atoms with E-state index in [1.54, 1.807) is 0 Å². The van der Waals surface area contributed by atoms with Crippen LogP contribution in [0.3, 0.4) is 0 Å². The minimum absolute atomic E-state index is 0.00806. The second-order valence-electron chi connectivity index (χ2n) is 4.94. The highest BCUT2D eigenvalue weighted by atomic mass is 16.1. The third-order valence-corrected chi connectivity index (χ3v) is 3.11. The third kappa shape index (κ3) is 3.77. The molecule has 1 aromatic heterocycles. The molecule has 1 fully saturated rings. The minimum Gasteiger partial charge on any atom is -0.316 e. The molecule has 2 rings (SSSR count). The molecule has 1 aliphatic rings. The average Bonchev–Trinajstić information content (AvgIpc) is 2.28. The van der Waals surface area contributed by atoms with Gasteiger partial charge in [0.05, 0.1) is 0 Å². The second kappa shape index (κ2) is 5.91. The summed E-state index contributed by atoms with van der Waals surface area (Å²) in [6.45, 7) is 5.80. The normalized spacial score (nSPS) is 19.6. The first-order valence-electron chi connectivity index (χ1n) is 6.46. The second-order valence-corrected chi connectivity index (χ2v) is 4.94. The summed E-state index contributed by atoms with van der Waals surface area (Å²) >= 11 is 0. The van der Waals surface area contributed by atoms with Gasteiger partial charge in [0.25, 0.3) is 0 Å². The number of nitrogens with one attached hydrogen (secondary N) is 2. The summed E-state index contributed by atoms with van der Waals surface area (Å²) in [6.07, 6.45) is 2.81. The molecular weight excluding hydrogens is 228 g/mol. The maximum absolute atomic E-state index is 11.9. The maximum Gasteiger partial charge on any atom is 0.229 e. The van der Waals surface area contributed by atoms with Crippen LogP contribution in [-0.2, 0) is 4.79 Å². The molecule has 1 unspecified atom stereocenters. The van der Waals surface area contributed by atoms with Crippen LogP contribution in [0.25, 0.3) is 0 Å². The maximum atomic E-state index is 11.9. The lowest BCUT2D eigenvalue weighted by Gasteiger charge is -2.21. The van der Waals surface area contributed by atoms with Gasteiger partial charge >= 0.3 is 0 Å². The van der Waals surface area contributed by atoms with E-state index in [0.717, 1.165) is 37.3 Å². The van der Waals surface area contributed by atoms with Crippen molar-refractivity contribution in [3.63, 3.8) is 0 Å². The number of carbonyl (C=O) groups excluding carboxylic acids is 1. The van der Waals surface area contributed by atoms with Crippen LogP contribution in [0, 0.1) is 19.8 Å². The number of carbonyl (C=O) groups is 1. The standard InChI is InChI=1S/C13H20N4O/c1-9-6-10(2)16-13(15-9)17-12(18)7-11-4-3-5-14-8-11/h6,11,14H,3-5,7-8H2,1-2H3,(H,15,16,17,18). The van der Waals surface area contributed by atoms with Crippen LogP contribution in [0.2, 0.25) is 0 Å². The Kier molecular flexibility index (Phi) is 4.25. The Morgan fingerprint density at radius 1 is 1.44 bits per heavy atom. The lowest BCUT2D eigenvalue weighted by molar-refractivity contribution is -0.117. The Morgan fingerprint density at radius 3 is 2.78 bits per heavy atom. The van der Waals surface area contributed by atoms with Crippen molar-refractivity contribution in [2.45, 2.75) is 33.1 Å². The molecule has 2 heterocycles. The molecule has 1 atom stereocenters. The molecular formula is C13H20N4O. The van der Waals surface area contributed by atoms with Crippen molar-refractivity contribution in [3.05, 3.63) is 17.5 Å². The first kappa shape index (κ1) is 13.0. The van der Waals surface area contributed by atoms with E-state index in [2.05, 4.69) is 20.6 Å². The summed E-state index contributed by atoms with van der Waals surface area (Å²) in [5.74, 6) is 0.861. The predicted octanol–water partition coefficient (Wildman–Crippen LogP) is 1.42. The molecule has 0 radical (unpaired) electrons. The molecule has 1 aliphatic heterocycles. The first-order valence-corrected chi connectivity index (χ1v) is 6.46. The lowest BCUT2D eigenvalue weighted by atomic mass is 9.96. The smallest absolute Gasteiger partial charge is 0.229 e. The van der Waals surface area contributed by atoms with E-state index in [-0.39, 0.29) is 5.91 Å². The van der Waals surface area contributed by atoms with E-state index in [9.17, 15) is 4.79 Å². The average molecular weight is 248 g/mol. The molecule has 1 aromatic rings. The summed E-state index contributed by atoms with van der Waals surface area (Å²) < 4.78 is 0. The monoisotopic (exact) mass is 248 g/mol. The summed E-state index contributed by atoms with van der Waals surface area (Å²) in [6, 6.07) is 1.89. The van der Waals surface area contributed by atoms with Crippen LogP contribution in [0.1, 0.15) is 30.7 Å². The Balaban J connectivity index is 1.89.